The predicted molar refractivity (Wildman–Crippen MR) is 39.7 cm³/mol. The minimum absolute atomic E-state index is 0.0751. The lowest BCUT2D eigenvalue weighted by molar-refractivity contribution is 0.265. The normalized spacial score (nSPS) is 11.4. The molecule has 0 radical (unpaired) electrons. The standard InChI is InChI=1S/C5H11NO4S/c6-5(8)11(9,10)4-2-1-3-7/h7H,1-4H2,(H2,6,8). The van der Waals surface area contributed by atoms with Crippen molar-refractivity contribution < 1.29 is 18.3 Å². The number of unbranched alkanes of at least 4 members (excludes halogenated alkanes) is 1. The van der Waals surface area contributed by atoms with E-state index in [4.69, 9.17) is 5.11 Å². The zero-order valence-electron chi connectivity index (χ0n) is 5.99. The van der Waals surface area contributed by atoms with Crippen molar-refractivity contribution in [3.63, 3.8) is 0 Å². The van der Waals surface area contributed by atoms with Gasteiger partial charge in [-0.1, -0.05) is 0 Å². The average molecular weight is 181 g/mol. The Balaban J connectivity index is 3.85. The van der Waals surface area contributed by atoms with Gasteiger partial charge < -0.3 is 10.8 Å². The van der Waals surface area contributed by atoms with Crippen molar-refractivity contribution in [1.82, 2.24) is 0 Å². The van der Waals surface area contributed by atoms with Crippen LogP contribution in [0.25, 0.3) is 0 Å². The van der Waals surface area contributed by atoms with Crippen LogP contribution in [0.5, 0.6) is 0 Å². The number of nitrogens with two attached hydrogens (primary N) is 1. The van der Waals surface area contributed by atoms with Crippen LogP contribution in [0.1, 0.15) is 12.8 Å². The molecule has 3 N–H and O–H groups in total. The van der Waals surface area contributed by atoms with Crippen LogP contribution in [0.4, 0.5) is 4.79 Å². The molecule has 0 heterocycles. The van der Waals surface area contributed by atoms with Gasteiger partial charge >= 0.3 is 5.24 Å². The smallest absolute Gasteiger partial charge is 0.333 e. The molecule has 0 aromatic rings. The molecule has 66 valence electrons. The van der Waals surface area contributed by atoms with Crippen molar-refractivity contribution >= 4 is 15.1 Å². The Bertz CT molecular complexity index is 221. The maximum Gasteiger partial charge on any atom is 0.333 e. The number of carbonyl (C=O) groups is 1. The summed E-state index contributed by atoms with van der Waals surface area (Å²) in [5.74, 6) is -0.275. The Morgan fingerprint density at radius 1 is 1.36 bits per heavy atom. The number of aliphatic hydroxyl groups excluding tert-OH is 1. The molecule has 6 heteroatoms. The van der Waals surface area contributed by atoms with E-state index in [2.05, 4.69) is 5.73 Å². The third-order valence-electron chi connectivity index (χ3n) is 1.13. The van der Waals surface area contributed by atoms with Crippen molar-refractivity contribution in [3.05, 3.63) is 0 Å². The van der Waals surface area contributed by atoms with Gasteiger partial charge in [0.25, 0.3) is 0 Å². The van der Waals surface area contributed by atoms with Crippen molar-refractivity contribution in [1.29, 1.82) is 0 Å². The molecule has 0 aliphatic rings. The molecule has 0 saturated carbocycles. The summed E-state index contributed by atoms with van der Waals surface area (Å²) in [6, 6.07) is 0. The quantitative estimate of drug-likeness (QED) is 0.558. The van der Waals surface area contributed by atoms with Gasteiger partial charge in [-0.25, -0.2) is 8.42 Å². The Kier molecular flexibility index (Phi) is 4.06. The maximum absolute atomic E-state index is 10.6. The third kappa shape index (κ3) is 3.94. The molecule has 1 amide bonds. The Morgan fingerprint density at radius 2 is 1.91 bits per heavy atom. The number of hydrogen-bond donors (Lipinski definition) is 2. The fraction of sp³-hybridized carbons (Fsp3) is 0.800. The van der Waals surface area contributed by atoms with E-state index in [0.717, 1.165) is 0 Å². The van der Waals surface area contributed by atoms with Crippen LogP contribution in [0.15, 0.2) is 0 Å². The second kappa shape index (κ2) is 4.30. The molecular formula is C5H11NO4S. The minimum Gasteiger partial charge on any atom is -0.396 e. The molecule has 0 aliphatic carbocycles. The minimum atomic E-state index is -3.74. The summed E-state index contributed by atoms with van der Waals surface area (Å²) < 4.78 is 21.3. The molecule has 5 nitrogen and oxygen atoms in total. The van der Waals surface area contributed by atoms with Gasteiger partial charge in [-0.2, -0.15) is 0 Å². The SMILES string of the molecule is NC(=O)S(=O)(=O)CCCCO. The fourth-order valence-corrected chi connectivity index (χ4v) is 1.29. The molecular weight excluding hydrogens is 170 g/mol. The summed E-state index contributed by atoms with van der Waals surface area (Å²) >= 11 is 0. The summed E-state index contributed by atoms with van der Waals surface area (Å²) in [5, 5.41) is 6.99. The third-order valence-corrected chi connectivity index (χ3v) is 2.57. The first kappa shape index (κ1) is 10.4. The molecule has 11 heavy (non-hydrogen) atoms. The van der Waals surface area contributed by atoms with Crippen LogP contribution in [-0.4, -0.2) is 31.1 Å². The highest BCUT2D eigenvalue weighted by Gasteiger charge is 2.16. The van der Waals surface area contributed by atoms with E-state index < -0.39 is 15.1 Å². The molecule has 0 aromatic carbocycles. The number of amides is 1. The second-order valence-electron chi connectivity index (χ2n) is 2.07. The zero-order valence-corrected chi connectivity index (χ0v) is 6.80. The Hall–Kier alpha value is -0.620. The first-order valence-corrected chi connectivity index (χ1v) is 4.79. The summed E-state index contributed by atoms with van der Waals surface area (Å²) in [6.45, 7) is -0.0751. The second-order valence-corrected chi connectivity index (χ2v) is 4.11. The molecule has 0 aromatic heterocycles. The van der Waals surface area contributed by atoms with Crippen molar-refractivity contribution in [2.24, 2.45) is 5.73 Å². The Morgan fingerprint density at radius 3 is 2.27 bits per heavy atom. The van der Waals surface area contributed by atoms with Crippen LogP contribution in [0.3, 0.4) is 0 Å². The lowest BCUT2D eigenvalue weighted by atomic mass is 10.4. The van der Waals surface area contributed by atoms with Crippen molar-refractivity contribution in [2.45, 2.75) is 12.8 Å². The van der Waals surface area contributed by atoms with Gasteiger partial charge in [0.2, 0.25) is 9.84 Å². The van der Waals surface area contributed by atoms with Gasteiger partial charge in [0, 0.05) is 6.61 Å². The van der Waals surface area contributed by atoms with Gasteiger partial charge in [-0.15, -0.1) is 0 Å². The molecule has 0 aliphatic heterocycles. The van der Waals surface area contributed by atoms with Crippen molar-refractivity contribution in [2.75, 3.05) is 12.4 Å². The van der Waals surface area contributed by atoms with Crippen LogP contribution in [0.2, 0.25) is 0 Å². The molecule has 0 bridgehead atoms. The van der Waals surface area contributed by atoms with Crippen LogP contribution in [0, 0.1) is 0 Å². The van der Waals surface area contributed by atoms with Crippen LogP contribution < -0.4 is 5.73 Å². The predicted octanol–water partition coefficient (Wildman–Crippen LogP) is -0.748. The van der Waals surface area contributed by atoms with E-state index in [1.54, 1.807) is 0 Å². The lowest BCUT2D eigenvalue weighted by Crippen LogP contribution is -2.24. The topological polar surface area (TPSA) is 97.5 Å². The van der Waals surface area contributed by atoms with Crippen LogP contribution in [-0.2, 0) is 9.84 Å². The van der Waals surface area contributed by atoms with E-state index in [1.807, 2.05) is 0 Å². The van der Waals surface area contributed by atoms with E-state index in [9.17, 15) is 13.2 Å². The van der Waals surface area contributed by atoms with Crippen molar-refractivity contribution in [3.8, 4) is 0 Å². The lowest BCUT2D eigenvalue weighted by Gasteiger charge is -1.96. The molecule has 0 atom stereocenters. The number of sulfone groups is 1. The fourth-order valence-electron chi connectivity index (χ4n) is 0.504. The molecule has 0 unspecified atom stereocenters. The number of carbonyl (C=O) groups excluding carboxylic acids is 1. The average Bonchev–Trinajstić information content (AvgIpc) is 1.88. The summed E-state index contributed by atoms with van der Waals surface area (Å²) in [5.41, 5.74) is 4.56. The molecule has 0 saturated heterocycles. The number of hydrogen-bond acceptors (Lipinski definition) is 4. The van der Waals surface area contributed by atoms with Crippen LogP contribution >= 0.6 is 0 Å². The monoisotopic (exact) mass is 181 g/mol. The van der Waals surface area contributed by atoms with E-state index in [-0.39, 0.29) is 18.8 Å². The highest BCUT2D eigenvalue weighted by molar-refractivity contribution is 8.05. The largest absolute Gasteiger partial charge is 0.396 e. The van der Waals surface area contributed by atoms with Gasteiger partial charge in [-0.05, 0) is 12.8 Å². The first-order chi connectivity index (χ1) is 5.00. The Labute approximate surface area is 65.1 Å². The highest BCUT2D eigenvalue weighted by atomic mass is 32.2. The number of primary amides is 1. The first-order valence-electron chi connectivity index (χ1n) is 3.14. The summed E-state index contributed by atoms with van der Waals surface area (Å²) in [6.07, 6.45) is 0.633. The number of aliphatic hydroxyl groups is 1. The maximum atomic E-state index is 10.6. The van der Waals surface area contributed by atoms with Gasteiger partial charge in [0.15, 0.2) is 0 Å². The number of rotatable bonds is 4. The van der Waals surface area contributed by atoms with Gasteiger partial charge in [0.1, 0.15) is 0 Å². The van der Waals surface area contributed by atoms with E-state index in [0.29, 0.717) is 6.42 Å². The summed E-state index contributed by atoms with van der Waals surface area (Å²) in [4.78, 5) is 10.2. The van der Waals surface area contributed by atoms with E-state index in [1.165, 1.54) is 0 Å². The highest BCUT2D eigenvalue weighted by Crippen LogP contribution is 1.96. The summed E-state index contributed by atoms with van der Waals surface area (Å²) in [7, 11) is -3.74. The van der Waals surface area contributed by atoms with Gasteiger partial charge in [0.05, 0.1) is 5.75 Å². The molecule has 0 fully saturated rings. The van der Waals surface area contributed by atoms with Gasteiger partial charge in [-0.3, -0.25) is 4.79 Å². The molecule has 0 spiro atoms. The molecule has 0 rings (SSSR count). The van der Waals surface area contributed by atoms with E-state index >= 15 is 0 Å². The zero-order chi connectivity index (χ0) is 8.91.